The summed E-state index contributed by atoms with van der Waals surface area (Å²) in [5, 5.41) is 13.2. The first-order valence-corrected chi connectivity index (χ1v) is 4.73. The normalized spacial score (nSPS) is 10.3. The van der Waals surface area contributed by atoms with E-state index in [1.807, 2.05) is 6.92 Å². The lowest BCUT2D eigenvalue weighted by Crippen LogP contribution is -2.19. The molecule has 7 heteroatoms. The lowest BCUT2D eigenvalue weighted by atomic mass is 10.4. The summed E-state index contributed by atoms with van der Waals surface area (Å²) < 4.78 is 1.46. The van der Waals surface area contributed by atoms with Crippen molar-refractivity contribution in [1.82, 2.24) is 20.0 Å². The van der Waals surface area contributed by atoms with Crippen molar-refractivity contribution >= 4 is 17.4 Å². The van der Waals surface area contributed by atoms with Crippen molar-refractivity contribution in [1.29, 1.82) is 0 Å². The van der Waals surface area contributed by atoms with Gasteiger partial charge in [-0.1, -0.05) is 0 Å². The fourth-order valence-corrected chi connectivity index (χ4v) is 1.28. The second-order valence-corrected chi connectivity index (χ2v) is 3.46. The number of aryl methyl sites for hydroxylation is 1. The van der Waals surface area contributed by atoms with Gasteiger partial charge in [0.15, 0.2) is 5.82 Å². The molecule has 0 fully saturated rings. The van der Waals surface area contributed by atoms with Gasteiger partial charge in [-0.25, -0.2) is 0 Å². The van der Waals surface area contributed by atoms with E-state index in [9.17, 15) is 4.79 Å². The molecule has 16 heavy (non-hydrogen) atoms. The molecule has 84 valence electrons. The van der Waals surface area contributed by atoms with Gasteiger partial charge in [0.1, 0.15) is 6.54 Å². The van der Waals surface area contributed by atoms with Crippen molar-refractivity contribution < 1.29 is 4.79 Å². The molecule has 7 nitrogen and oxygen atoms in total. The Hall–Kier alpha value is -2.31. The number of aromatic nitrogens is 4. The second kappa shape index (κ2) is 4.05. The number of carbonyl (C=O) groups excluding carboxylic acids is 1. The Labute approximate surface area is 91.6 Å². The molecule has 1 amide bonds. The number of carbonyl (C=O) groups is 1. The SMILES string of the molecule is Cc1cc(NC(=O)Cn2cc(N)cn2)n[nH]1. The molecule has 0 aromatic carbocycles. The first-order chi connectivity index (χ1) is 7.63. The third-order valence-electron chi connectivity index (χ3n) is 1.93. The van der Waals surface area contributed by atoms with Crippen LogP contribution in [-0.2, 0) is 11.3 Å². The summed E-state index contributed by atoms with van der Waals surface area (Å²) >= 11 is 0. The van der Waals surface area contributed by atoms with Crippen LogP contribution in [0.5, 0.6) is 0 Å². The molecule has 2 rings (SSSR count). The monoisotopic (exact) mass is 220 g/mol. The van der Waals surface area contributed by atoms with E-state index in [0.717, 1.165) is 5.69 Å². The maximum absolute atomic E-state index is 11.5. The van der Waals surface area contributed by atoms with Crippen LogP contribution in [-0.4, -0.2) is 25.9 Å². The smallest absolute Gasteiger partial charge is 0.247 e. The summed E-state index contributed by atoms with van der Waals surface area (Å²) in [5.74, 6) is 0.303. The zero-order valence-corrected chi connectivity index (χ0v) is 8.77. The molecule has 0 aliphatic carbocycles. The summed E-state index contributed by atoms with van der Waals surface area (Å²) in [6, 6.07) is 1.75. The Morgan fingerprint density at radius 3 is 3.06 bits per heavy atom. The summed E-state index contributed by atoms with van der Waals surface area (Å²) in [6.07, 6.45) is 3.08. The molecule has 2 aromatic rings. The second-order valence-electron chi connectivity index (χ2n) is 3.46. The zero-order valence-electron chi connectivity index (χ0n) is 8.77. The highest BCUT2D eigenvalue weighted by Gasteiger charge is 2.06. The highest BCUT2D eigenvalue weighted by atomic mass is 16.2. The Balaban J connectivity index is 1.94. The Morgan fingerprint density at radius 2 is 2.50 bits per heavy atom. The van der Waals surface area contributed by atoms with Crippen LogP contribution >= 0.6 is 0 Å². The first-order valence-electron chi connectivity index (χ1n) is 4.73. The first kappa shape index (κ1) is 10.2. The van der Waals surface area contributed by atoms with Gasteiger partial charge < -0.3 is 11.1 Å². The van der Waals surface area contributed by atoms with Crippen molar-refractivity contribution in [2.45, 2.75) is 13.5 Å². The van der Waals surface area contributed by atoms with Crippen molar-refractivity contribution in [2.24, 2.45) is 0 Å². The van der Waals surface area contributed by atoms with Crippen molar-refractivity contribution in [3.05, 3.63) is 24.2 Å². The number of nitrogen functional groups attached to an aromatic ring is 1. The number of aromatic amines is 1. The fraction of sp³-hybridized carbons (Fsp3) is 0.222. The Morgan fingerprint density at radius 1 is 1.69 bits per heavy atom. The topological polar surface area (TPSA) is 102 Å². The van der Waals surface area contributed by atoms with E-state index >= 15 is 0 Å². The molecule has 4 N–H and O–H groups in total. The van der Waals surface area contributed by atoms with Gasteiger partial charge in [0.05, 0.1) is 11.9 Å². The van der Waals surface area contributed by atoms with Crippen LogP contribution in [0, 0.1) is 6.92 Å². The van der Waals surface area contributed by atoms with Crippen LogP contribution in [0.3, 0.4) is 0 Å². The van der Waals surface area contributed by atoms with E-state index < -0.39 is 0 Å². The minimum absolute atomic E-state index is 0.114. The van der Waals surface area contributed by atoms with Gasteiger partial charge in [0, 0.05) is 18.0 Å². The predicted molar refractivity (Wildman–Crippen MR) is 58.6 cm³/mol. The van der Waals surface area contributed by atoms with E-state index in [-0.39, 0.29) is 12.5 Å². The van der Waals surface area contributed by atoms with Gasteiger partial charge >= 0.3 is 0 Å². The standard InChI is InChI=1S/C9H12N6O/c1-6-2-8(14-13-6)12-9(16)5-15-4-7(10)3-11-15/h2-4H,5,10H2,1H3,(H2,12,13,14,16). The third-order valence-corrected chi connectivity index (χ3v) is 1.93. The number of hydrogen-bond acceptors (Lipinski definition) is 4. The lowest BCUT2D eigenvalue weighted by molar-refractivity contribution is -0.116. The average molecular weight is 220 g/mol. The van der Waals surface area contributed by atoms with Gasteiger partial charge in [-0.2, -0.15) is 10.2 Å². The fourth-order valence-electron chi connectivity index (χ4n) is 1.28. The molecule has 0 atom stereocenters. The van der Waals surface area contributed by atoms with E-state index in [1.165, 1.54) is 10.9 Å². The molecule has 0 spiro atoms. The number of rotatable bonds is 3. The maximum Gasteiger partial charge on any atom is 0.247 e. The molecular formula is C9H12N6O. The van der Waals surface area contributed by atoms with Crippen LogP contribution in [0.4, 0.5) is 11.5 Å². The summed E-state index contributed by atoms with van der Waals surface area (Å²) in [5.41, 5.74) is 6.90. The molecule has 0 saturated carbocycles. The highest BCUT2D eigenvalue weighted by Crippen LogP contribution is 2.04. The highest BCUT2D eigenvalue weighted by molar-refractivity contribution is 5.89. The third kappa shape index (κ3) is 2.38. The largest absolute Gasteiger partial charge is 0.396 e. The quantitative estimate of drug-likeness (QED) is 0.684. The van der Waals surface area contributed by atoms with E-state index in [2.05, 4.69) is 20.6 Å². The number of nitrogens with one attached hydrogen (secondary N) is 2. The van der Waals surface area contributed by atoms with Crippen LogP contribution in [0.1, 0.15) is 5.69 Å². The lowest BCUT2D eigenvalue weighted by Gasteiger charge is -2.01. The van der Waals surface area contributed by atoms with E-state index in [4.69, 9.17) is 5.73 Å². The summed E-state index contributed by atoms with van der Waals surface area (Å²) in [4.78, 5) is 11.5. The summed E-state index contributed by atoms with van der Waals surface area (Å²) in [6.45, 7) is 1.97. The van der Waals surface area contributed by atoms with Crippen molar-refractivity contribution in [3.8, 4) is 0 Å². The van der Waals surface area contributed by atoms with Crippen LogP contribution < -0.4 is 11.1 Å². The van der Waals surface area contributed by atoms with E-state index in [1.54, 1.807) is 12.3 Å². The zero-order chi connectivity index (χ0) is 11.5. The van der Waals surface area contributed by atoms with Crippen LogP contribution in [0.2, 0.25) is 0 Å². The number of H-pyrrole nitrogens is 1. The molecule has 0 radical (unpaired) electrons. The minimum atomic E-state index is -0.199. The number of nitrogens with zero attached hydrogens (tertiary/aromatic N) is 3. The average Bonchev–Trinajstić information content (AvgIpc) is 2.76. The number of amides is 1. The van der Waals surface area contributed by atoms with Gasteiger partial charge in [-0.05, 0) is 6.92 Å². The molecule has 0 bridgehead atoms. The van der Waals surface area contributed by atoms with Crippen LogP contribution in [0.15, 0.2) is 18.5 Å². The predicted octanol–water partition coefficient (Wildman–Crippen LogP) is 0.136. The van der Waals surface area contributed by atoms with E-state index in [0.29, 0.717) is 11.5 Å². The van der Waals surface area contributed by atoms with Crippen LogP contribution in [0.25, 0.3) is 0 Å². The summed E-state index contributed by atoms with van der Waals surface area (Å²) in [7, 11) is 0. The molecule has 0 saturated heterocycles. The molecule has 2 heterocycles. The molecule has 0 aliphatic rings. The minimum Gasteiger partial charge on any atom is -0.396 e. The van der Waals surface area contributed by atoms with Gasteiger partial charge in [-0.3, -0.25) is 14.6 Å². The Kier molecular flexibility index (Phi) is 2.59. The van der Waals surface area contributed by atoms with Gasteiger partial charge in [0.2, 0.25) is 5.91 Å². The molecule has 0 unspecified atom stereocenters. The Bertz CT molecular complexity index is 455. The number of anilines is 2. The number of nitrogens with two attached hydrogens (primary N) is 1. The maximum atomic E-state index is 11.5. The molecule has 2 aromatic heterocycles. The molecular weight excluding hydrogens is 208 g/mol. The van der Waals surface area contributed by atoms with Crippen molar-refractivity contribution in [2.75, 3.05) is 11.1 Å². The number of hydrogen-bond donors (Lipinski definition) is 3. The van der Waals surface area contributed by atoms with Crippen molar-refractivity contribution in [3.63, 3.8) is 0 Å². The van der Waals surface area contributed by atoms with Gasteiger partial charge in [-0.15, -0.1) is 0 Å². The molecule has 0 aliphatic heterocycles. The van der Waals surface area contributed by atoms with Gasteiger partial charge in [0.25, 0.3) is 0 Å².